The fourth-order valence-corrected chi connectivity index (χ4v) is 4.65. The first kappa shape index (κ1) is 15.8. The lowest BCUT2D eigenvalue weighted by Gasteiger charge is -2.49. The Kier molecular flexibility index (Phi) is 4.13. The SMILES string of the molecule is CC(C)S(=O)(=O)CCN1CC(C2CC2)NCC1(C)C1CC1. The minimum atomic E-state index is -2.94. The monoisotopic (exact) mass is 314 g/mol. The van der Waals surface area contributed by atoms with E-state index in [9.17, 15) is 8.42 Å². The van der Waals surface area contributed by atoms with E-state index >= 15 is 0 Å². The van der Waals surface area contributed by atoms with Crippen LogP contribution in [0.4, 0.5) is 0 Å². The number of nitrogens with one attached hydrogen (secondary N) is 1. The van der Waals surface area contributed by atoms with Gasteiger partial charge in [0.05, 0.1) is 11.0 Å². The van der Waals surface area contributed by atoms with E-state index in [0.717, 1.165) is 24.9 Å². The van der Waals surface area contributed by atoms with Gasteiger partial charge in [0.2, 0.25) is 0 Å². The van der Waals surface area contributed by atoms with E-state index in [-0.39, 0.29) is 10.8 Å². The van der Waals surface area contributed by atoms with Crippen molar-refractivity contribution in [2.75, 3.05) is 25.4 Å². The molecule has 21 heavy (non-hydrogen) atoms. The van der Waals surface area contributed by atoms with Crippen LogP contribution in [0.3, 0.4) is 0 Å². The fraction of sp³-hybridized carbons (Fsp3) is 1.00. The van der Waals surface area contributed by atoms with Gasteiger partial charge in [-0.25, -0.2) is 8.42 Å². The molecule has 2 atom stereocenters. The summed E-state index contributed by atoms with van der Waals surface area (Å²) < 4.78 is 24.3. The minimum Gasteiger partial charge on any atom is -0.311 e. The van der Waals surface area contributed by atoms with Crippen molar-refractivity contribution < 1.29 is 8.42 Å². The van der Waals surface area contributed by atoms with Gasteiger partial charge in [0.15, 0.2) is 9.84 Å². The molecule has 0 aromatic rings. The summed E-state index contributed by atoms with van der Waals surface area (Å²) in [6.45, 7) is 8.69. The first-order chi connectivity index (χ1) is 9.83. The van der Waals surface area contributed by atoms with Gasteiger partial charge in [0, 0.05) is 31.2 Å². The van der Waals surface area contributed by atoms with Crippen LogP contribution in [0, 0.1) is 11.8 Å². The van der Waals surface area contributed by atoms with Crippen LogP contribution in [0.1, 0.15) is 46.5 Å². The Balaban J connectivity index is 1.68. The van der Waals surface area contributed by atoms with Crippen molar-refractivity contribution in [3.05, 3.63) is 0 Å². The van der Waals surface area contributed by atoms with Crippen molar-refractivity contribution in [2.24, 2.45) is 11.8 Å². The molecule has 1 aliphatic heterocycles. The average Bonchev–Trinajstić information content (AvgIpc) is 3.29. The highest BCUT2D eigenvalue weighted by atomic mass is 32.2. The molecule has 5 heteroatoms. The molecule has 3 aliphatic rings. The smallest absolute Gasteiger partial charge is 0.153 e. The number of nitrogens with zero attached hydrogens (tertiary/aromatic N) is 1. The van der Waals surface area contributed by atoms with Gasteiger partial charge in [-0.2, -0.15) is 0 Å². The van der Waals surface area contributed by atoms with Crippen LogP contribution < -0.4 is 5.32 Å². The second kappa shape index (κ2) is 5.50. The van der Waals surface area contributed by atoms with E-state index < -0.39 is 9.84 Å². The Morgan fingerprint density at radius 1 is 1.24 bits per heavy atom. The predicted molar refractivity (Wildman–Crippen MR) is 86.1 cm³/mol. The summed E-state index contributed by atoms with van der Waals surface area (Å²) in [5.74, 6) is 1.90. The molecule has 0 bridgehead atoms. The van der Waals surface area contributed by atoms with Crippen LogP contribution in [0.5, 0.6) is 0 Å². The lowest BCUT2D eigenvalue weighted by Crippen LogP contribution is -2.65. The van der Waals surface area contributed by atoms with Crippen LogP contribution >= 0.6 is 0 Å². The molecule has 2 saturated carbocycles. The van der Waals surface area contributed by atoms with Gasteiger partial charge in [-0.05, 0) is 58.3 Å². The topological polar surface area (TPSA) is 49.4 Å². The predicted octanol–water partition coefficient (Wildman–Crippen LogP) is 1.66. The number of piperazine rings is 1. The zero-order chi connectivity index (χ0) is 15.3. The molecule has 1 heterocycles. The third-order valence-electron chi connectivity index (χ3n) is 5.87. The zero-order valence-corrected chi connectivity index (χ0v) is 14.5. The number of rotatable bonds is 6. The van der Waals surface area contributed by atoms with Crippen molar-refractivity contribution in [2.45, 2.75) is 63.3 Å². The molecular formula is C16H30N2O2S. The molecule has 0 aromatic carbocycles. The van der Waals surface area contributed by atoms with Crippen molar-refractivity contribution >= 4 is 9.84 Å². The highest BCUT2D eigenvalue weighted by Crippen LogP contribution is 2.45. The average molecular weight is 314 g/mol. The Labute approximate surface area is 129 Å². The molecule has 1 saturated heterocycles. The van der Waals surface area contributed by atoms with E-state index in [0.29, 0.717) is 18.3 Å². The van der Waals surface area contributed by atoms with E-state index in [4.69, 9.17) is 0 Å². The van der Waals surface area contributed by atoms with Crippen LogP contribution in [0.25, 0.3) is 0 Å². The van der Waals surface area contributed by atoms with Crippen LogP contribution in [0.2, 0.25) is 0 Å². The largest absolute Gasteiger partial charge is 0.311 e. The third kappa shape index (κ3) is 3.30. The highest BCUT2D eigenvalue weighted by Gasteiger charge is 2.50. The molecule has 1 N–H and O–H groups in total. The highest BCUT2D eigenvalue weighted by molar-refractivity contribution is 7.92. The fourth-order valence-electron chi connectivity index (χ4n) is 3.70. The molecule has 2 aliphatic carbocycles. The third-order valence-corrected chi connectivity index (χ3v) is 8.06. The van der Waals surface area contributed by atoms with E-state index in [1.165, 1.54) is 25.7 Å². The molecule has 122 valence electrons. The molecule has 3 fully saturated rings. The lowest BCUT2D eigenvalue weighted by molar-refractivity contribution is 0.0360. The van der Waals surface area contributed by atoms with Gasteiger partial charge >= 0.3 is 0 Å². The first-order valence-corrected chi connectivity index (χ1v) is 10.2. The lowest BCUT2D eigenvalue weighted by atomic mass is 9.89. The Morgan fingerprint density at radius 3 is 2.43 bits per heavy atom. The molecular weight excluding hydrogens is 284 g/mol. The van der Waals surface area contributed by atoms with Gasteiger partial charge in [-0.15, -0.1) is 0 Å². The Morgan fingerprint density at radius 2 is 1.90 bits per heavy atom. The maximum Gasteiger partial charge on any atom is 0.153 e. The minimum absolute atomic E-state index is 0.165. The second-order valence-corrected chi connectivity index (χ2v) is 10.5. The zero-order valence-electron chi connectivity index (χ0n) is 13.6. The van der Waals surface area contributed by atoms with Crippen LogP contribution in [-0.2, 0) is 9.84 Å². The van der Waals surface area contributed by atoms with Gasteiger partial charge in [0.1, 0.15) is 0 Å². The summed E-state index contributed by atoms with van der Waals surface area (Å²) in [6.07, 6.45) is 5.30. The van der Waals surface area contributed by atoms with Crippen molar-refractivity contribution in [3.8, 4) is 0 Å². The summed E-state index contributed by atoms with van der Waals surface area (Å²) in [4.78, 5) is 2.50. The molecule has 0 radical (unpaired) electrons. The van der Waals surface area contributed by atoms with Crippen LogP contribution in [-0.4, -0.2) is 55.5 Å². The summed E-state index contributed by atoms with van der Waals surface area (Å²) in [6, 6.07) is 0.582. The summed E-state index contributed by atoms with van der Waals surface area (Å²) >= 11 is 0. The number of sulfone groups is 1. The van der Waals surface area contributed by atoms with E-state index in [1.807, 2.05) is 0 Å². The number of hydrogen-bond donors (Lipinski definition) is 1. The normalized spacial score (nSPS) is 35.3. The van der Waals surface area contributed by atoms with Gasteiger partial charge in [-0.1, -0.05) is 0 Å². The molecule has 0 amide bonds. The van der Waals surface area contributed by atoms with Crippen molar-refractivity contribution in [1.29, 1.82) is 0 Å². The summed E-state index contributed by atoms with van der Waals surface area (Å²) in [5, 5.41) is 3.49. The number of hydrogen-bond acceptors (Lipinski definition) is 4. The van der Waals surface area contributed by atoms with Crippen molar-refractivity contribution in [3.63, 3.8) is 0 Å². The quantitative estimate of drug-likeness (QED) is 0.810. The summed E-state index contributed by atoms with van der Waals surface area (Å²) in [7, 11) is -2.94. The van der Waals surface area contributed by atoms with Gasteiger partial charge in [0.25, 0.3) is 0 Å². The molecule has 0 aromatic heterocycles. The molecule has 3 rings (SSSR count). The Hall–Kier alpha value is -0.130. The van der Waals surface area contributed by atoms with Crippen LogP contribution in [0.15, 0.2) is 0 Å². The molecule has 0 spiro atoms. The standard InChI is InChI=1S/C16H30N2O2S/c1-12(2)21(19,20)9-8-18-10-15(13-4-5-13)17-11-16(18,3)14-6-7-14/h12-15,17H,4-11H2,1-3H3. The second-order valence-electron chi connectivity index (χ2n) is 7.82. The van der Waals surface area contributed by atoms with Crippen molar-refractivity contribution in [1.82, 2.24) is 10.2 Å². The summed E-state index contributed by atoms with van der Waals surface area (Å²) in [5.41, 5.74) is 0.165. The maximum absolute atomic E-state index is 12.2. The van der Waals surface area contributed by atoms with E-state index in [1.54, 1.807) is 13.8 Å². The van der Waals surface area contributed by atoms with Gasteiger partial charge < -0.3 is 5.32 Å². The Bertz CT molecular complexity index is 483. The van der Waals surface area contributed by atoms with Gasteiger partial charge in [-0.3, -0.25) is 4.90 Å². The molecule has 2 unspecified atom stereocenters. The molecule has 4 nitrogen and oxygen atoms in total. The maximum atomic E-state index is 12.2. The first-order valence-electron chi connectivity index (χ1n) is 8.53. The van der Waals surface area contributed by atoms with E-state index in [2.05, 4.69) is 17.1 Å².